The first-order chi connectivity index (χ1) is 13.1. The van der Waals surface area contributed by atoms with Crippen LogP contribution in [-0.2, 0) is 11.2 Å². The summed E-state index contributed by atoms with van der Waals surface area (Å²) in [6.07, 6.45) is 1.38. The van der Waals surface area contributed by atoms with Crippen LogP contribution >= 0.6 is 15.9 Å². The van der Waals surface area contributed by atoms with Crippen LogP contribution in [0.1, 0.15) is 12.0 Å². The Hall–Kier alpha value is -2.21. The lowest BCUT2D eigenvalue weighted by Crippen LogP contribution is -2.32. The zero-order valence-electron chi connectivity index (χ0n) is 15.7. The van der Waals surface area contributed by atoms with Gasteiger partial charge in [0.25, 0.3) is 0 Å². The van der Waals surface area contributed by atoms with E-state index in [1.54, 1.807) is 20.3 Å². The highest BCUT2D eigenvalue weighted by molar-refractivity contribution is 9.10. The Bertz CT molecular complexity index is 797. The smallest absolute Gasteiger partial charge is 0.224 e. The molecule has 6 heteroatoms. The first-order valence-corrected chi connectivity index (χ1v) is 9.86. The number of methoxy groups -OCH3 is 2. The molecule has 0 aromatic heterocycles. The molecule has 1 atom stereocenters. The van der Waals surface area contributed by atoms with Gasteiger partial charge in [0.1, 0.15) is 11.5 Å². The molecule has 1 heterocycles. The third kappa shape index (κ3) is 5.16. The monoisotopic (exact) mass is 432 g/mol. The molecule has 2 aromatic rings. The molecule has 3 rings (SSSR count). The number of hydrogen-bond acceptors (Lipinski definition) is 4. The number of anilines is 1. The number of rotatable bonds is 7. The van der Waals surface area contributed by atoms with Crippen molar-refractivity contribution in [2.45, 2.75) is 12.8 Å². The second kappa shape index (κ2) is 9.13. The van der Waals surface area contributed by atoms with E-state index in [1.807, 2.05) is 18.2 Å². The van der Waals surface area contributed by atoms with E-state index < -0.39 is 0 Å². The van der Waals surface area contributed by atoms with Gasteiger partial charge in [-0.3, -0.25) is 4.79 Å². The molecule has 0 bridgehead atoms. The molecular weight excluding hydrogens is 408 g/mol. The van der Waals surface area contributed by atoms with Crippen molar-refractivity contribution < 1.29 is 14.3 Å². The average Bonchev–Trinajstić information content (AvgIpc) is 3.16. The van der Waals surface area contributed by atoms with Gasteiger partial charge in [-0.1, -0.05) is 28.1 Å². The van der Waals surface area contributed by atoms with Crippen LogP contribution in [0.3, 0.4) is 0 Å². The molecule has 1 saturated heterocycles. The van der Waals surface area contributed by atoms with Crippen LogP contribution < -0.4 is 19.7 Å². The number of hydrogen-bond donors (Lipinski definition) is 1. The van der Waals surface area contributed by atoms with Crippen LogP contribution in [0, 0.1) is 5.92 Å². The van der Waals surface area contributed by atoms with E-state index in [-0.39, 0.29) is 5.91 Å². The van der Waals surface area contributed by atoms with Crippen LogP contribution in [0.15, 0.2) is 46.9 Å². The maximum absolute atomic E-state index is 12.4. The zero-order valence-corrected chi connectivity index (χ0v) is 17.3. The van der Waals surface area contributed by atoms with Crippen LogP contribution in [0.5, 0.6) is 11.5 Å². The minimum Gasteiger partial charge on any atom is -0.497 e. The van der Waals surface area contributed by atoms with Gasteiger partial charge in [-0.05, 0) is 36.6 Å². The number of nitrogens with one attached hydrogen (secondary N) is 1. The average molecular weight is 433 g/mol. The lowest BCUT2D eigenvalue weighted by atomic mass is 10.1. The van der Waals surface area contributed by atoms with Gasteiger partial charge in [-0.25, -0.2) is 0 Å². The molecule has 1 unspecified atom stereocenters. The summed E-state index contributed by atoms with van der Waals surface area (Å²) in [5, 5.41) is 3.07. The van der Waals surface area contributed by atoms with Gasteiger partial charge in [-0.15, -0.1) is 0 Å². The fourth-order valence-corrected chi connectivity index (χ4v) is 3.79. The minimum absolute atomic E-state index is 0.0133. The molecule has 1 aliphatic rings. The number of carbonyl (C=O) groups excluding carboxylic acids is 1. The molecule has 1 aliphatic heterocycles. The molecule has 1 amide bonds. The minimum atomic E-state index is 0.0133. The van der Waals surface area contributed by atoms with Crippen molar-refractivity contribution in [2.24, 2.45) is 5.92 Å². The van der Waals surface area contributed by atoms with Gasteiger partial charge in [0.05, 0.1) is 20.6 Å². The molecule has 27 heavy (non-hydrogen) atoms. The summed E-state index contributed by atoms with van der Waals surface area (Å²) in [6, 6.07) is 13.9. The Morgan fingerprint density at radius 3 is 2.81 bits per heavy atom. The van der Waals surface area contributed by atoms with Crippen LogP contribution in [0.2, 0.25) is 0 Å². The SMILES string of the molecule is COc1ccc(CC(=O)NCC2CCN(c3cccc(Br)c3)C2)c(OC)c1. The highest BCUT2D eigenvalue weighted by Gasteiger charge is 2.23. The van der Waals surface area contributed by atoms with E-state index >= 15 is 0 Å². The number of nitrogens with zero attached hydrogens (tertiary/aromatic N) is 1. The second-order valence-electron chi connectivity index (χ2n) is 6.74. The highest BCUT2D eigenvalue weighted by Crippen LogP contribution is 2.27. The first-order valence-electron chi connectivity index (χ1n) is 9.07. The van der Waals surface area contributed by atoms with Gasteiger partial charge in [0.15, 0.2) is 0 Å². The van der Waals surface area contributed by atoms with Crippen molar-refractivity contribution in [3.8, 4) is 11.5 Å². The molecule has 0 aliphatic carbocycles. The Labute approximate surface area is 168 Å². The highest BCUT2D eigenvalue weighted by atomic mass is 79.9. The number of ether oxygens (including phenoxy) is 2. The van der Waals surface area contributed by atoms with Crippen molar-refractivity contribution in [1.82, 2.24) is 5.32 Å². The molecule has 2 aromatic carbocycles. The fraction of sp³-hybridized carbons (Fsp3) is 0.381. The molecule has 1 fully saturated rings. The number of carbonyl (C=O) groups is 1. The van der Waals surface area contributed by atoms with Gasteiger partial charge < -0.3 is 19.7 Å². The van der Waals surface area contributed by atoms with Gasteiger partial charge >= 0.3 is 0 Å². The van der Waals surface area contributed by atoms with E-state index in [0.717, 1.165) is 35.3 Å². The van der Waals surface area contributed by atoms with Crippen LogP contribution in [0.4, 0.5) is 5.69 Å². The van der Waals surface area contributed by atoms with E-state index in [1.165, 1.54) is 5.69 Å². The normalized spacial score (nSPS) is 16.3. The first kappa shape index (κ1) is 19.5. The van der Waals surface area contributed by atoms with Crippen LogP contribution in [0.25, 0.3) is 0 Å². The maximum Gasteiger partial charge on any atom is 0.224 e. The summed E-state index contributed by atoms with van der Waals surface area (Å²) in [5.74, 6) is 1.87. The molecule has 0 spiro atoms. The zero-order chi connectivity index (χ0) is 19.2. The summed E-state index contributed by atoms with van der Waals surface area (Å²) >= 11 is 3.52. The van der Waals surface area contributed by atoms with Gasteiger partial charge in [-0.2, -0.15) is 0 Å². The second-order valence-corrected chi connectivity index (χ2v) is 7.65. The quantitative estimate of drug-likeness (QED) is 0.725. The topological polar surface area (TPSA) is 50.8 Å². The summed E-state index contributed by atoms with van der Waals surface area (Å²) in [6.45, 7) is 2.67. The predicted octanol–water partition coefficient (Wildman–Crippen LogP) is 3.65. The molecule has 144 valence electrons. The van der Waals surface area contributed by atoms with Crippen molar-refractivity contribution in [3.63, 3.8) is 0 Å². The van der Waals surface area contributed by atoms with Gasteiger partial charge in [0.2, 0.25) is 5.91 Å². The molecule has 5 nitrogen and oxygen atoms in total. The molecule has 0 saturated carbocycles. The van der Waals surface area contributed by atoms with Crippen molar-refractivity contribution in [2.75, 3.05) is 38.8 Å². The lowest BCUT2D eigenvalue weighted by Gasteiger charge is -2.19. The summed E-state index contributed by atoms with van der Waals surface area (Å²) in [4.78, 5) is 14.7. The largest absolute Gasteiger partial charge is 0.497 e. The van der Waals surface area contributed by atoms with E-state index in [2.05, 4.69) is 44.3 Å². The Morgan fingerprint density at radius 1 is 1.22 bits per heavy atom. The van der Waals surface area contributed by atoms with E-state index in [9.17, 15) is 4.79 Å². The number of amides is 1. The van der Waals surface area contributed by atoms with Crippen molar-refractivity contribution in [1.29, 1.82) is 0 Å². The lowest BCUT2D eigenvalue weighted by molar-refractivity contribution is -0.120. The van der Waals surface area contributed by atoms with Crippen LogP contribution in [-0.4, -0.2) is 39.8 Å². The summed E-state index contributed by atoms with van der Waals surface area (Å²) in [5.41, 5.74) is 2.08. The Morgan fingerprint density at radius 2 is 2.07 bits per heavy atom. The van der Waals surface area contributed by atoms with Gasteiger partial charge in [0, 0.05) is 41.4 Å². The molecular formula is C21H25BrN2O3. The third-order valence-electron chi connectivity index (χ3n) is 4.89. The van der Waals surface area contributed by atoms with Crippen molar-refractivity contribution in [3.05, 3.63) is 52.5 Å². The fourth-order valence-electron chi connectivity index (χ4n) is 3.40. The van der Waals surface area contributed by atoms with E-state index in [4.69, 9.17) is 9.47 Å². The van der Waals surface area contributed by atoms with Crippen molar-refractivity contribution >= 4 is 27.5 Å². The Balaban J connectivity index is 1.50. The molecule has 0 radical (unpaired) electrons. The third-order valence-corrected chi connectivity index (χ3v) is 5.39. The van der Waals surface area contributed by atoms with E-state index in [0.29, 0.717) is 24.6 Å². The summed E-state index contributed by atoms with van der Waals surface area (Å²) < 4.78 is 11.7. The number of benzene rings is 2. The Kier molecular flexibility index (Phi) is 6.61. The maximum atomic E-state index is 12.4. The number of halogens is 1. The standard InChI is InChI=1S/C21H25BrN2O3/c1-26-19-7-6-16(20(12-19)27-2)10-21(25)23-13-15-8-9-24(14-15)18-5-3-4-17(22)11-18/h3-7,11-12,15H,8-10,13-14H2,1-2H3,(H,23,25). The predicted molar refractivity (Wildman–Crippen MR) is 111 cm³/mol. The molecule has 1 N–H and O–H groups in total. The summed E-state index contributed by atoms with van der Waals surface area (Å²) in [7, 11) is 3.21.